The molecule has 3 N–H and O–H groups in total. The van der Waals surface area contributed by atoms with Crippen LogP contribution in [0.5, 0.6) is 5.75 Å². The van der Waals surface area contributed by atoms with Crippen molar-refractivity contribution < 1.29 is 27.9 Å². The number of nitrogens with zero attached hydrogens (tertiary/aromatic N) is 2. The summed E-state index contributed by atoms with van der Waals surface area (Å²) in [5.41, 5.74) is 1.05. The Morgan fingerprint density at radius 2 is 1.61 bits per heavy atom. The molecule has 3 atom stereocenters. The van der Waals surface area contributed by atoms with Gasteiger partial charge in [-0.25, -0.2) is 13.2 Å². The van der Waals surface area contributed by atoms with Crippen LogP contribution >= 0.6 is 0 Å². The second kappa shape index (κ2) is 13.0. The van der Waals surface area contributed by atoms with Crippen LogP contribution in [0.1, 0.15) is 24.2 Å². The Kier molecular flexibility index (Phi) is 9.19. The number of sulfonamides is 1. The van der Waals surface area contributed by atoms with Crippen LogP contribution in [0.25, 0.3) is 10.8 Å². The van der Waals surface area contributed by atoms with E-state index >= 15 is 0 Å². The van der Waals surface area contributed by atoms with Gasteiger partial charge in [-0.15, -0.1) is 0 Å². The summed E-state index contributed by atoms with van der Waals surface area (Å²) in [6.07, 6.45) is -0.706. The molecule has 0 aliphatic carbocycles. The van der Waals surface area contributed by atoms with Crippen LogP contribution < -0.4 is 15.4 Å². The average molecular weight is 617 g/mol. The van der Waals surface area contributed by atoms with Crippen molar-refractivity contribution in [2.45, 2.75) is 30.9 Å². The van der Waals surface area contributed by atoms with E-state index in [9.17, 15) is 23.1 Å². The Morgan fingerprint density at radius 3 is 2.36 bits per heavy atom. The van der Waals surface area contributed by atoms with E-state index in [4.69, 9.17) is 4.74 Å². The number of hydrogen-bond acceptors (Lipinski definition) is 6. The smallest absolute Gasteiger partial charge is 0.323 e. The van der Waals surface area contributed by atoms with Gasteiger partial charge in [0, 0.05) is 24.9 Å². The number of benzene rings is 4. The van der Waals surface area contributed by atoms with Gasteiger partial charge >= 0.3 is 6.03 Å². The molecule has 0 saturated carbocycles. The van der Waals surface area contributed by atoms with Crippen LogP contribution in [0.3, 0.4) is 0 Å². The summed E-state index contributed by atoms with van der Waals surface area (Å²) < 4.78 is 34.4. The van der Waals surface area contributed by atoms with Crippen LogP contribution in [-0.2, 0) is 10.0 Å². The number of likely N-dealkylation sites (N-methyl/N-ethyl adjacent to an activating group) is 1. The Bertz CT molecular complexity index is 1760. The normalized spacial score (nSPS) is 17.8. The van der Waals surface area contributed by atoms with Gasteiger partial charge in [0.2, 0.25) is 10.0 Å². The topological polar surface area (TPSA) is 128 Å². The van der Waals surface area contributed by atoms with Gasteiger partial charge in [-0.2, -0.15) is 4.31 Å². The van der Waals surface area contributed by atoms with Crippen molar-refractivity contribution in [2.75, 3.05) is 37.4 Å². The van der Waals surface area contributed by atoms with Crippen molar-refractivity contribution in [3.63, 3.8) is 0 Å². The molecule has 0 fully saturated rings. The van der Waals surface area contributed by atoms with Crippen LogP contribution in [0.2, 0.25) is 0 Å². The molecule has 5 rings (SSSR count). The number of fused-ring (bicyclic) bond motifs is 2. The number of para-hydroxylation sites is 1. The van der Waals surface area contributed by atoms with Crippen molar-refractivity contribution >= 4 is 44.1 Å². The molecule has 0 spiro atoms. The lowest BCUT2D eigenvalue weighted by Crippen LogP contribution is -2.50. The number of urea groups is 1. The number of anilines is 2. The molecule has 230 valence electrons. The van der Waals surface area contributed by atoms with Crippen molar-refractivity contribution in [1.29, 1.82) is 0 Å². The van der Waals surface area contributed by atoms with E-state index in [1.54, 1.807) is 54.3 Å². The third kappa shape index (κ3) is 6.40. The molecule has 3 amide bonds. The first-order chi connectivity index (χ1) is 21.1. The summed E-state index contributed by atoms with van der Waals surface area (Å²) in [5, 5.41) is 17.5. The predicted octanol–water partition coefficient (Wildman–Crippen LogP) is 5.02. The molecule has 1 aliphatic rings. The molecule has 0 saturated heterocycles. The summed E-state index contributed by atoms with van der Waals surface area (Å²) in [6, 6.07) is 25.2. The Hall–Kier alpha value is -4.45. The maximum absolute atomic E-state index is 13.8. The van der Waals surface area contributed by atoms with Gasteiger partial charge in [-0.1, -0.05) is 67.6 Å². The number of hydrogen-bond donors (Lipinski definition) is 3. The first kappa shape index (κ1) is 31.0. The van der Waals surface area contributed by atoms with Crippen LogP contribution in [-0.4, -0.2) is 73.6 Å². The fourth-order valence-corrected chi connectivity index (χ4v) is 6.50. The second-order valence-electron chi connectivity index (χ2n) is 11.0. The van der Waals surface area contributed by atoms with Crippen molar-refractivity contribution in [1.82, 2.24) is 9.21 Å². The highest BCUT2D eigenvalue weighted by molar-refractivity contribution is 7.89. The molecule has 44 heavy (non-hydrogen) atoms. The summed E-state index contributed by atoms with van der Waals surface area (Å²) in [7, 11) is -2.35. The van der Waals surface area contributed by atoms with E-state index in [2.05, 4.69) is 10.6 Å². The predicted molar refractivity (Wildman–Crippen MR) is 170 cm³/mol. The number of nitrogens with one attached hydrogen (secondary N) is 2. The molecule has 1 heterocycles. The van der Waals surface area contributed by atoms with Crippen LogP contribution in [0, 0.1) is 5.92 Å². The Balaban J connectivity index is 1.48. The monoisotopic (exact) mass is 616 g/mol. The molecule has 10 nitrogen and oxygen atoms in total. The van der Waals surface area contributed by atoms with Crippen LogP contribution in [0.4, 0.5) is 16.2 Å². The lowest BCUT2D eigenvalue weighted by molar-refractivity contribution is 0.0389. The minimum atomic E-state index is -3.83. The first-order valence-corrected chi connectivity index (χ1v) is 15.8. The lowest BCUT2D eigenvalue weighted by Gasteiger charge is -2.38. The number of rotatable bonds is 8. The molecule has 11 heteroatoms. The molecular formula is C33H36N4O6S. The molecule has 0 unspecified atom stereocenters. The van der Waals surface area contributed by atoms with Gasteiger partial charge in [0.25, 0.3) is 5.91 Å². The number of aliphatic hydroxyl groups excluding tert-OH is 1. The van der Waals surface area contributed by atoms with Crippen LogP contribution in [0.15, 0.2) is 95.9 Å². The Morgan fingerprint density at radius 1 is 0.977 bits per heavy atom. The highest BCUT2D eigenvalue weighted by Gasteiger charge is 2.36. The first-order valence-electron chi connectivity index (χ1n) is 14.4. The van der Waals surface area contributed by atoms with E-state index in [1.165, 1.54) is 23.5 Å². The van der Waals surface area contributed by atoms with Gasteiger partial charge in [0.05, 0.1) is 41.0 Å². The standard InChI is InChI=1S/C33H36N4O6S/c1-22-19-37(23(2)21-38)32(39)27-16-10-18-29(35-33(40)34-28-17-9-12-24-11-7-8-15-26(24)28)31(27)43-30(22)20-36(3)44(41,42)25-13-5-4-6-14-25/h4-18,22-23,30,38H,19-21H2,1-3H3,(H2,34,35,40)/t22-,23-,30-/m1/s1. The summed E-state index contributed by atoms with van der Waals surface area (Å²) in [4.78, 5) is 28.8. The van der Waals surface area contributed by atoms with Gasteiger partial charge in [-0.05, 0) is 42.6 Å². The largest absolute Gasteiger partial charge is 0.486 e. The second-order valence-corrected chi connectivity index (χ2v) is 13.1. The molecule has 0 bridgehead atoms. The highest BCUT2D eigenvalue weighted by Crippen LogP contribution is 2.35. The van der Waals surface area contributed by atoms with Crippen molar-refractivity contribution in [2.24, 2.45) is 5.92 Å². The van der Waals surface area contributed by atoms with E-state index in [1.807, 2.05) is 43.3 Å². The van der Waals surface area contributed by atoms with E-state index < -0.39 is 28.2 Å². The third-order valence-electron chi connectivity index (χ3n) is 7.87. The average Bonchev–Trinajstić information content (AvgIpc) is 3.03. The van der Waals surface area contributed by atoms with Crippen molar-refractivity contribution in [3.05, 3.63) is 96.6 Å². The van der Waals surface area contributed by atoms with E-state index in [-0.39, 0.29) is 53.4 Å². The molecule has 1 aliphatic heterocycles. The molecule has 0 radical (unpaired) electrons. The number of amides is 3. The summed E-state index contributed by atoms with van der Waals surface area (Å²) >= 11 is 0. The number of carbonyl (C=O) groups is 2. The molecule has 4 aromatic rings. The molecule has 4 aromatic carbocycles. The minimum absolute atomic E-state index is 0.0239. The fourth-order valence-electron chi connectivity index (χ4n) is 5.29. The Labute approximate surface area is 257 Å². The maximum Gasteiger partial charge on any atom is 0.323 e. The number of aliphatic hydroxyl groups is 1. The SMILES string of the molecule is C[C@@H]1CN([C@H](C)CO)C(=O)c2cccc(NC(=O)Nc3cccc4ccccc34)c2O[C@@H]1CN(C)S(=O)(=O)c1ccccc1. The highest BCUT2D eigenvalue weighted by atomic mass is 32.2. The third-order valence-corrected chi connectivity index (χ3v) is 9.70. The van der Waals surface area contributed by atoms with Gasteiger partial charge in [0.15, 0.2) is 5.75 Å². The summed E-state index contributed by atoms with van der Waals surface area (Å²) in [5.74, 6) is -0.579. The number of ether oxygens (including phenoxy) is 1. The maximum atomic E-state index is 13.8. The zero-order valence-corrected chi connectivity index (χ0v) is 25.6. The quantitative estimate of drug-likeness (QED) is 0.255. The fraction of sp³-hybridized carbons (Fsp3) is 0.273. The zero-order valence-electron chi connectivity index (χ0n) is 24.8. The zero-order chi connectivity index (χ0) is 31.4. The van der Waals surface area contributed by atoms with Gasteiger partial charge in [0.1, 0.15) is 6.10 Å². The van der Waals surface area contributed by atoms with Gasteiger partial charge < -0.3 is 25.4 Å². The minimum Gasteiger partial charge on any atom is -0.486 e. The summed E-state index contributed by atoms with van der Waals surface area (Å²) in [6.45, 7) is 3.56. The molecular weight excluding hydrogens is 580 g/mol. The number of carbonyl (C=O) groups excluding carboxylic acids is 2. The van der Waals surface area contributed by atoms with E-state index in [0.717, 1.165) is 10.8 Å². The van der Waals surface area contributed by atoms with Crippen molar-refractivity contribution in [3.8, 4) is 5.75 Å². The lowest BCUT2D eigenvalue weighted by atomic mass is 9.99. The molecule has 0 aromatic heterocycles. The van der Waals surface area contributed by atoms with Gasteiger partial charge in [-0.3, -0.25) is 4.79 Å². The van der Waals surface area contributed by atoms with E-state index in [0.29, 0.717) is 5.69 Å².